The number of piperidine rings is 1. The molecule has 0 saturated carbocycles. The van der Waals surface area contributed by atoms with Gasteiger partial charge in [-0.1, -0.05) is 0 Å². The predicted octanol–water partition coefficient (Wildman–Crippen LogP) is 3.21. The molecular formula is C16H18FN3O3. The minimum atomic E-state index is -0.306. The molecular weight excluding hydrogens is 301 g/mol. The lowest BCUT2D eigenvalue weighted by Gasteiger charge is -2.29. The number of benzene rings is 1. The van der Waals surface area contributed by atoms with E-state index < -0.39 is 0 Å². The van der Waals surface area contributed by atoms with Crippen molar-refractivity contribution in [2.24, 2.45) is 0 Å². The number of nitrogens with zero attached hydrogens (tertiary/aromatic N) is 3. The Kier molecular flexibility index (Phi) is 4.55. The van der Waals surface area contributed by atoms with Gasteiger partial charge in [-0.25, -0.2) is 9.18 Å². The molecule has 0 unspecified atom stereocenters. The number of hydrogen-bond donors (Lipinski definition) is 0. The van der Waals surface area contributed by atoms with Crippen LogP contribution in [0.5, 0.6) is 0 Å². The number of likely N-dealkylation sites (tertiary alicyclic amines) is 1. The summed E-state index contributed by atoms with van der Waals surface area (Å²) in [4.78, 5) is 13.4. The number of carbonyl (C=O) groups excluding carboxylic acids is 1. The molecule has 7 heteroatoms. The summed E-state index contributed by atoms with van der Waals surface area (Å²) in [7, 11) is 0. The Hall–Kier alpha value is -2.44. The summed E-state index contributed by atoms with van der Waals surface area (Å²) < 4.78 is 23.7. The van der Waals surface area contributed by atoms with E-state index >= 15 is 0 Å². The number of rotatable bonds is 3. The number of amides is 1. The van der Waals surface area contributed by atoms with Crippen molar-refractivity contribution in [2.75, 3.05) is 19.7 Å². The van der Waals surface area contributed by atoms with Gasteiger partial charge in [0.05, 0.1) is 6.61 Å². The molecule has 23 heavy (non-hydrogen) atoms. The Morgan fingerprint density at radius 3 is 2.65 bits per heavy atom. The largest absolute Gasteiger partial charge is 0.450 e. The summed E-state index contributed by atoms with van der Waals surface area (Å²) in [5.74, 6) is 0.767. The van der Waals surface area contributed by atoms with E-state index in [1.807, 2.05) is 0 Å². The fourth-order valence-corrected chi connectivity index (χ4v) is 2.63. The molecule has 0 atom stereocenters. The van der Waals surface area contributed by atoms with Gasteiger partial charge >= 0.3 is 6.09 Å². The maximum atomic E-state index is 12.9. The quantitative estimate of drug-likeness (QED) is 0.869. The second kappa shape index (κ2) is 6.76. The minimum absolute atomic E-state index is 0.127. The topological polar surface area (TPSA) is 68.5 Å². The van der Waals surface area contributed by atoms with Crippen LogP contribution in [-0.4, -0.2) is 40.9 Å². The maximum absolute atomic E-state index is 12.9. The van der Waals surface area contributed by atoms with Gasteiger partial charge in [0, 0.05) is 24.6 Å². The van der Waals surface area contributed by atoms with Crippen molar-refractivity contribution < 1.29 is 18.3 Å². The lowest BCUT2D eigenvalue weighted by atomic mass is 9.97. The van der Waals surface area contributed by atoms with Crippen LogP contribution in [0.4, 0.5) is 9.18 Å². The molecule has 122 valence electrons. The van der Waals surface area contributed by atoms with Gasteiger partial charge in [0.1, 0.15) is 5.82 Å². The highest BCUT2D eigenvalue weighted by Crippen LogP contribution is 2.29. The van der Waals surface area contributed by atoms with Crippen molar-refractivity contribution >= 4 is 6.09 Å². The van der Waals surface area contributed by atoms with E-state index in [9.17, 15) is 9.18 Å². The van der Waals surface area contributed by atoms with E-state index in [2.05, 4.69) is 10.2 Å². The van der Waals surface area contributed by atoms with E-state index in [4.69, 9.17) is 9.15 Å². The number of ether oxygens (including phenoxy) is 1. The zero-order valence-corrected chi connectivity index (χ0v) is 12.9. The first kappa shape index (κ1) is 15.5. The fraction of sp³-hybridized carbons (Fsp3) is 0.438. The van der Waals surface area contributed by atoms with Gasteiger partial charge in [0.25, 0.3) is 0 Å². The van der Waals surface area contributed by atoms with Gasteiger partial charge in [-0.3, -0.25) is 0 Å². The number of hydrogen-bond acceptors (Lipinski definition) is 5. The summed E-state index contributed by atoms with van der Waals surface area (Å²) in [5.41, 5.74) is 0.689. The van der Waals surface area contributed by atoms with Crippen molar-refractivity contribution in [1.82, 2.24) is 15.1 Å². The van der Waals surface area contributed by atoms with E-state index in [1.54, 1.807) is 24.0 Å². The first-order valence-corrected chi connectivity index (χ1v) is 7.68. The third-order valence-corrected chi connectivity index (χ3v) is 3.90. The Labute approximate surface area is 133 Å². The van der Waals surface area contributed by atoms with Gasteiger partial charge in [-0.05, 0) is 44.0 Å². The molecule has 1 amide bonds. The standard InChI is InChI=1S/C16H18FN3O3/c1-2-22-16(21)20-9-7-12(8-10-20)15-19-18-14(23-15)11-3-5-13(17)6-4-11/h3-6,12H,2,7-10H2,1H3. The Morgan fingerprint density at radius 1 is 1.30 bits per heavy atom. The maximum Gasteiger partial charge on any atom is 0.409 e. The summed E-state index contributed by atoms with van der Waals surface area (Å²) in [5, 5.41) is 8.13. The number of carbonyl (C=O) groups is 1. The molecule has 1 fully saturated rings. The van der Waals surface area contributed by atoms with Gasteiger partial charge in [-0.15, -0.1) is 10.2 Å². The minimum Gasteiger partial charge on any atom is -0.450 e. The van der Waals surface area contributed by atoms with Gasteiger partial charge < -0.3 is 14.1 Å². The lowest BCUT2D eigenvalue weighted by molar-refractivity contribution is 0.0954. The highest BCUT2D eigenvalue weighted by Gasteiger charge is 2.28. The van der Waals surface area contributed by atoms with E-state index in [-0.39, 0.29) is 17.8 Å². The summed E-state index contributed by atoms with van der Waals surface area (Å²) in [6.45, 7) is 3.39. The smallest absolute Gasteiger partial charge is 0.409 e. The van der Waals surface area contributed by atoms with Crippen LogP contribution in [0.15, 0.2) is 28.7 Å². The molecule has 0 bridgehead atoms. The SMILES string of the molecule is CCOC(=O)N1CCC(c2nnc(-c3ccc(F)cc3)o2)CC1. The van der Waals surface area contributed by atoms with Crippen LogP contribution in [0.3, 0.4) is 0 Å². The van der Waals surface area contributed by atoms with E-state index in [1.165, 1.54) is 12.1 Å². The Morgan fingerprint density at radius 2 is 2.00 bits per heavy atom. The van der Waals surface area contributed by atoms with Crippen LogP contribution in [0, 0.1) is 5.82 Å². The average molecular weight is 319 g/mol. The van der Waals surface area contributed by atoms with Crippen LogP contribution in [0.1, 0.15) is 31.6 Å². The van der Waals surface area contributed by atoms with E-state index in [0.717, 1.165) is 12.8 Å². The third kappa shape index (κ3) is 3.49. The summed E-state index contributed by atoms with van der Waals surface area (Å²) >= 11 is 0. The highest BCUT2D eigenvalue weighted by atomic mass is 19.1. The molecule has 1 saturated heterocycles. The zero-order chi connectivity index (χ0) is 16.2. The molecule has 1 aliphatic heterocycles. The number of halogens is 1. The zero-order valence-electron chi connectivity index (χ0n) is 12.9. The molecule has 0 radical (unpaired) electrons. The third-order valence-electron chi connectivity index (χ3n) is 3.90. The molecule has 0 aliphatic carbocycles. The molecule has 6 nitrogen and oxygen atoms in total. The molecule has 2 aromatic rings. The van der Waals surface area contributed by atoms with Crippen molar-refractivity contribution in [2.45, 2.75) is 25.7 Å². The van der Waals surface area contributed by atoms with Crippen LogP contribution in [0.25, 0.3) is 11.5 Å². The van der Waals surface area contributed by atoms with Gasteiger partial charge in [-0.2, -0.15) is 0 Å². The monoisotopic (exact) mass is 319 g/mol. The van der Waals surface area contributed by atoms with Crippen LogP contribution < -0.4 is 0 Å². The van der Waals surface area contributed by atoms with Gasteiger partial charge in [0.2, 0.25) is 11.8 Å². The Bertz CT molecular complexity index is 663. The highest BCUT2D eigenvalue weighted by molar-refractivity contribution is 5.67. The lowest BCUT2D eigenvalue weighted by Crippen LogP contribution is -2.38. The first-order valence-electron chi connectivity index (χ1n) is 7.68. The van der Waals surface area contributed by atoms with Crippen molar-refractivity contribution in [3.05, 3.63) is 36.0 Å². The molecule has 1 aliphatic rings. The number of aromatic nitrogens is 2. The van der Waals surface area contributed by atoms with E-state index in [0.29, 0.717) is 37.0 Å². The summed E-state index contributed by atoms with van der Waals surface area (Å²) in [6, 6.07) is 5.93. The van der Waals surface area contributed by atoms with Crippen LogP contribution in [-0.2, 0) is 4.74 Å². The van der Waals surface area contributed by atoms with Crippen LogP contribution >= 0.6 is 0 Å². The summed E-state index contributed by atoms with van der Waals surface area (Å²) in [6.07, 6.45) is 1.23. The fourth-order valence-electron chi connectivity index (χ4n) is 2.63. The molecule has 1 aromatic carbocycles. The van der Waals surface area contributed by atoms with Crippen molar-refractivity contribution in [3.8, 4) is 11.5 Å². The molecule has 0 N–H and O–H groups in total. The molecule has 1 aromatic heterocycles. The molecule has 0 spiro atoms. The van der Waals surface area contributed by atoms with Crippen LogP contribution in [0.2, 0.25) is 0 Å². The van der Waals surface area contributed by atoms with Gasteiger partial charge in [0.15, 0.2) is 0 Å². The second-order valence-electron chi connectivity index (χ2n) is 5.41. The molecule has 3 rings (SSSR count). The second-order valence-corrected chi connectivity index (χ2v) is 5.41. The predicted molar refractivity (Wildman–Crippen MR) is 80.3 cm³/mol. The van der Waals surface area contributed by atoms with Crippen molar-refractivity contribution in [1.29, 1.82) is 0 Å². The van der Waals surface area contributed by atoms with Crippen molar-refractivity contribution in [3.63, 3.8) is 0 Å². The normalized spacial score (nSPS) is 15.7. The average Bonchev–Trinajstić information content (AvgIpc) is 3.06. The first-order chi connectivity index (χ1) is 11.2. The Balaban J connectivity index is 1.63. The molecule has 2 heterocycles.